The van der Waals surface area contributed by atoms with E-state index in [0.717, 1.165) is 37.6 Å². The third-order valence-corrected chi connectivity index (χ3v) is 6.72. The van der Waals surface area contributed by atoms with Gasteiger partial charge in [-0.3, -0.25) is 4.79 Å². The number of carboxylic acids is 1. The van der Waals surface area contributed by atoms with E-state index in [1.807, 2.05) is 18.2 Å². The summed E-state index contributed by atoms with van der Waals surface area (Å²) in [5.74, 6) is -0.980. The third-order valence-electron chi connectivity index (χ3n) is 6.43. The number of pyridine rings is 1. The molecule has 1 aliphatic heterocycles. The van der Waals surface area contributed by atoms with Gasteiger partial charge < -0.3 is 24.5 Å². The molecule has 3 aromatic rings. The first-order valence-electron chi connectivity index (χ1n) is 10.9. The number of aliphatic carboxylic acids is 1. The van der Waals surface area contributed by atoms with Gasteiger partial charge in [0.05, 0.1) is 35.4 Å². The van der Waals surface area contributed by atoms with Gasteiger partial charge in [-0.1, -0.05) is 30.7 Å². The van der Waals surface area contributed by atoms with E-state index < -0.39 is 5.97 Å². The molecular formula is C23H25ClN4O4. The van der Waals surface area contributed by atoms with Gasteiger partial charge in [-0.05, 0) is 37.0 Å². The largest absolute Gasteiger partial charge is 0.481 e. The quantitative estimate of drug-likeness (QED) is 0.578. The van der Waals surface area contributed by atoms with Gasteiger partial charge in [-0.2, -0.15) is 4.98 Å². The Balaban J connectivity index is 1.30. The Morgan fingerprint density at radius 1 is 1.25 bits per heavy atom. The maximum absolute atomic E-state index is 11.1. The lowest BCUT2D eigenvalue weighted by molar-refractivity contribution is -0.145. The van der Waals surface area contributed by atoms with Crippen molar-refractivity contribution in [2.75, 3.05) is 31.2 Å². The molecule has 1 aliphatic carbocycles. The molecule has 3 heterocycles. The summed E-state index contributed by atoms with van der Waals surface area (Å²) in [6.07, 6.45) is 1.38. The van der Waals surface area contributed by atoms with Crippen molar-refractivity contribution in [2.45, 2.75) is 25.9 Å². The van der Waals surface area contributed by atoms with E-state index >= 15 is 0 Å². The average Bonchev–Trinajstić information content (AvgIpc) is 3.17. The monoisotopic (exact) mass is 456 g/mol. The fraction of sp³-hybridized carbons (Fsp3) is 0.435. The molecule has 1 saturated heterocycles. The Morgan fingerprint density at radius 3 is 2.66 bits per heavy atom. The topological polar surface area (TPSA) is 101 Å². The molecule has 0 spiro atoms. The van der Waals surface area contributed by atoms with Crippen molar-refractivity contribution >= 4 is 34.4 Å². The van der Waals surface area contributed by atoms with Crippen molar-refractivity contribution in [3.8, 4) is 17.3 Å². The number of carboxylic acid groups (broad SMARTS) is 1. The van der Waals surface area contributed by atoms with Crippen LogP contribution in [0.3, 0.4) is 0 Å². The fourth-order valence-corrected chi connectivity index (χ4v) is 4.54. The molecule has 8 nitrogen and oxygen atoms in total. The van der Waals surface area contributed by atoms with Crippen LogP contribution in [0.2, 0.25) is 5.02 Å². The fourth-order valence-electron chi connectivity index (χ4n) is 4.28. The highest BCUT2D eigenvalue weighted by Crippen LogP contribution is 2.37. The number of nitrogens with one attached hydrogen (secondary N) is 1. The molecular weight excluding hydrogens is 432 g/mol. The molecule has 2 fully saturated rings. The van der Waals surface area contributed by atoms with Gasteiger partial charge in [0.1, 0.15) is 6.10 Å². The summed E-state index contributed by atoms with van der Waals surface area (Å²) in [4.78, 5) is 25.7. The van der Waals surface area contributed by atoms with Gasteiger partial charge >= 0.3 is 5.97 Å². The molecule has 0 amide bonds. The van der Waals surface area contributed by atoms with Crippen molar-refractivity contribution in [1.82, 2.24) is 15.0 Å². The zero-order valence-corrected chi connectivity index (χ0v) is 18.5. The molecule has 1 aromatic carbocycles. The number of hydrogen-bond acceptors (Lipinski definition) is 6. The number of benzene rings is 1. The van der Waals surface area contributed by atoms with Crippen molar-refractivity contribution in [1.29, 1.82) is 0 Å². The number of imidazole rings is 1. The number of carbonyl (C=O) groups is 1. The maximum atomic E-state index is 11.1. The highest BCUT2D eigenvalue weighted by Gasteiger charge is 2.38. The van der Waals surface area contributed by atoms with Gasteiger partial charge in [-0.25, -0.2) is 4.98 Å². The second-order valence-electron chi connectivity index (χ2n) is 8.48. The van der Waals surface area contributed by atoms with Crippen molar-refractivity contribution in [3.05, 3.63) is 35.4 Å². The Bertz CT molecular complexity index is 1120. The first-order chi connectivity index (χ1) is 15.5. The molecule has 0 radical (unpaired) electrons. The van der Waals surface area contributed by atoms with E-state index in [1.165, 1.54) is 0 Å². The minimum absolute atomic E-state index is 0.0370. The lowest BCUT2D eigenvalue weighted by atomic mass is 9.74. The number of fused-ring (bicyclic) bond motifs is 1. The van der Waals surface area contributed by atoms with Crippen LogP contribution in [0.5, 0.6) is 6.01 Å². The summed E-state index contributed by atoms with van der Waals surface area (Å²) in [5.41, 5.74) is 3.98. The first kappa shape index (κ1) is 21.0. The van der Waals surface area contributed by atoms with Crippen LogP contribution in [-0.2, 0) is 9.53 Å². The number of nitrogens with zero attached hydrogens (tertiary/aromatic N) is 3. The van der Waals surface area contributed by atoms with Crippen molar-refractivity contribution in [2.24, 2.45) is 11.8 Å². The van der Waals surface area contributed by atoms with Crippen molar-refractivity contribution < 1.29 is 19.4 Å². The zero-order valence-electron chi connectivity index (χ0n) is 17.8. The molecule has 2 N–H and O–H groups in total. The Kier molecular flexibility index (Phi) is 5.65. The molecule has 5 rings (SSSR count). The van der Waals surface area contributed by atoms with Crippen LogP contribution in [0, 0.1) is 11.8 Å². The lowest BCUT2D eigenvalue weighted by Gasteiger charge is -2.36. The van der Waals surface area contributed by atoms with Gasteiger partial charge in [0.2, 0.25) is 0 Å². The Labute approximate surface area is 190 Å². The van der Waals surface area contributed by atoms with Gasteiger partial charge in [0, 0.05) is 24.3 Å². The smallest absolute Gasteiger partial charge is 0.306 e. The van der Waals surface area contributed by atoms with Gasteiger partial charge in [-0.15, -0.1) is 0 Å². The van der Waals surface area contributed by atoms with Gasteiger partial charge in [0.15, 0.2) is 5.65 Å². The van der Waals surface area contributed by atoms with Crippen molar-refractivity contribution in [3.63, 3.8) is 0 Å². The number of halogens is 1. The van der Waals surface area contributed by atoms with E-state index in [2.05, 4.69) is 32.0 Å². The van der Waals surface area contributed by atoms with E-state index in [-0.39, 0.29) is 17.9 Å². The third kappa shape index (κ3) is 4.12. The van der Waals surface area contributed by atoms with Crippen LogP contribution >= 0.6 is 11.6 Å². The van der Waals surface area contributed by atoms with Crippen LogP contribution in [0.15, 0.2) is 30.3 Å². The number of rotatable bonds is 6. The molecule has 1 unspecified atom stereocenters. The Morgan fingerprint density at radius 2 is 1.97 bits per heavy atom. The normalized spacial score (nSPS) is 21.9. The minimum atomic E-state index is -0.762. The van der Waals surface area contributed by atoms with E-state index in [4.69, 9.17) is 26.2 Å². The summed E-state index contributed by atoms with van der Waals surface area (Å²) < 4.78 is 11.3. The molecule has 2 aromatic heterocycles. The van der Waals surface area contributed by atoms with Crippen LogP contribution in [0.4, 0.5) is 5.69 Å². The minimum Gasteiger partial charge on any atom is -0.481 e. The summed E-state index contributed by atoms with van der Waals surface area (Å²) in [5, 5.41) is 9.66. The van der Waals surface area contributed by atoms with Crippen LogP contribution in [0.25, 0.3) is 22.4 Å². The number of H-pyrrole nitrogens is 1. The summed E-state index contributed by atoms with van der Waals surface area (Å²) in [6.45, 7) is 5.00. The first-order valence-corrected chi connectivity index (χ1v) is 11.2. The predicted molar refractivity (Wildman–Crippen MR) is 121 cm³/mol. The zero-order chi connectivity index (χ0) is 22.2. The number of anilines is 1. The van der Waals surface area contributed by atoms with Crippen LogP contribution in [-0.4, -0.2) is 58.4 Å². The molecule has 1 atom stereocenters. The highest BCUT2D eigenvalue weighted by molar-refractivity contribution is 6.33. The molecule has 9 heteroatoms. The lowest BCUT2D eigenvalue weighted by Crippen LogP contribution is -2.39. The average molecular weight is 457 g/mol. The SMILES string of the molecule is CC(C(=O)O)[C@H]1C[C@@H](Oc2nc3nc(-c4ccc(N5CCOCC5)cc4)c(Cl)cc3[nH]2)C1. The number of aromatic amines is 1. The summed E-state index contributed by atoms with van der Waals surface area (Å²) >= 11 is 6.53. The number of ether oxygens (including phenoxy) is 2. The number of hydrogen-bond donors (Lipinski definition) is 2. The van der Waals surface area contributed by atoms with Crippen LogP contribution < -0.4 is 9.64 Å². The summed E-state index contributed by atoms with van der Waals surface area (Å²) in [7, 11) is 0. The van der Waals surface area contributed by atoms with E-state index in [9.17, 15) is 4.79 Å². The van der Waals surface area contributed by atoms with E-state index in [1.54, 1.807) is 6.92 Å². The summed E-state index contributed by atoms with van der Waals surface area (Å²) in [6, 6.07) is 10.4. The highest BCUT2D eigenvalue weighted by atomic mass is 35.5. The second kappa shape index (κ2) is 8.60. The second-order valence-corrected chi connectivity index (χ2v) is 8.88. The maximum Gasteiger partial charge on any atom is 0.306 e. The molecule has 32 heavy (non-hydrogen) atoms. The standard InChI is InChI=1S/C23H25ClN4O4/c1-13(22(29)30)15-10-17(11-15)32-23-25-19-12-18(24)20(26-21(19)27-23)14-2-4-16(5-3-14)28-6-8-31-9-7-28/h2-5,12-13,15,17H,6-11H2,1H3,(H,29,30)(H,25,26,27)/t13?,15-,17+. The Hall–Kier alpha value is -2.84. The number of aromatic nitrogens is 3. The molecule has 1 saturated carbocycles. The predicted octanol–water partition coefficient (Wildman–Crippen LogP) is 3.99. The van der Waals surface area contributed by atoms with Gasteiger partial charge in [0.25, 0.3) is 6.01 Å². The molecule has 2 aliphatic rings. The van der Waals surface area contributed by atoms with Crippen LogP contribution in [0.1, 0.15) is 19.8 Å². The molecule has 168 valence electrons. The number of morpholine rings is 1. The molecule has 0 bridgehead atoms. The van der Waals surface area contributed by atoms with E-state index in [0.29, 0.717) is 40.7 Å².